The number of nitrogens with one attached hydrogen (secondary N) is 2. The van der Waals surface area contributed by atoms with Crippen LogP contribution < -0.4 is 10.6 Å². The molecule has 0 radical (unpaired) electrons. The number of hydrogen-bond donors (Lipinski definition) is 2. The Balaban J connectivity index is 1.83. The van der Waals surface area contributed by atoms with Gasteiger partial charge >= 0.3 is 0 Å². The molecule has 1 unspecified atom stereocenters. The van der Waals surface area contributed by atoms with Crippen LogP contribution in [0.4, 0.5) is 0 Å². The van der Waals surface area contributed by atoms with Gasteiger partial charge in [0, 0.05) is 39.6 Å². The normalized spacial score (nSPS) is 18.0. The maximum absolute atomic E-state index is 5.47. The minimum Gasteiger partial charge on any atom is -0.379 e. The van der Waals surface area contributed by atoms with Gasteiger partial charge in [0.15, 0.2) is 11.8 Å². The van der Waals surface area contributed by atoms with Gasteiger partial charge in [-0.2, -0.15) is 4.98 Å². The highest BCUT2D eigenvalue weighted by Crippen LogP contribution is 2.12. The molecule has 24 heavy (non-hydrogen) atoms. The van der Waals surface area contributed by atoms with Crippen molar-refractivity contribution in [3.8, 4) is 0 Å². The van der Waals surface area contributed by atoms with Crippen molar-refractivity contribution in [1.29, 1.82) is 0 Å². The van der Waals surface area contributed by atoms with Gasteiger partial charge in [0.2, 0.25) is 5.89 Å². The van der Waals surface area contributed by atoms with Gasteiger partial charge in [-0.25, -0.2) is 0 Å². The minimum absolute atomic E-state index is 0.472. The summed E-state index contributed by atoms with van der Waals surface area (Å²) in [4.78, 5) is 11.0. The van der Waals surface area contributed by atoms with Crippen LogP contribution in [0, 0.1) is 12.8 Å². The van der Waals surface area contributed by atoms with E-state index in [2.05, 4.69) is 44.5 Å². The molecule has 0 aromatic carbocycles. The molecule has 0 aliphatic carbocycles. The van der Waals surface area contributed by atoms with E-state index in [-0.39, 0.29) is 0 Å². The van der Waals surface area contributed by atoms with Gasteiger partial charge in [0.25, 0.3) is 0 Å². The average Bonchev–Trinajstić information content (AvgIpc) is 2.99. The minimum atomic E-state index is 0.472. The third-order valence-electron chi connectivity index (χ3n) is 4.02. The molecule has 2 rings (SSSR count). The number of aliphatic imine (C=N–C) groups is 1. The van der Waals surface area contributed by atoms with E-state index in [0.717, 1.165) is 45.2 Å². The van der Waals surface area contributed by atoms with E-state index < -0.39 is 0 Å². The highest BCUT2D eigenvalue weighted by Gasteiger charge is 2.22. The molecule has 1 fully saturated rings. The first-order valence-electron chi connectivity index (χ1n) is 8.64. The molecule has 136 valence electrons. The molecular formula is C16H30N6O2. The monoisotopic (exact) mass is 338 g/mol. The highest BCUT2D eigenvalue weighted by atomic mass is 16.5. The van der Waals surface area contributed by atoms with Crippen molar-refractivity contribution in [3.05, 3.63) is 11.7 Å². The van der Waals surface area contributed by atoms with Crippen LogP contribution in [-0.2, 0) is 11.3 Å². The Kier molecular flexibility index (Phi) is 7.45. The number of rotatable bonds is 7. The lowest BCUT2D eigenvalue weighted by atomic mass is 10.0. The van der Waals surface area contributed by atoms with Crippen molar-refractivity contribution >= 4 is 5.96 Å². The van der Waals surface area contributed by atoms with E-state index in [0.29, 0.717) is 30.2 Å². The Hall–Kier alpha value is -1.67. The van der Waals surface area contributed by atoms with Gasteiger partial charge in [0.1, 0.15) is 0 Å². The van der Waals surface area contributed by atoms with E-state index in [1.54, 1.807) is 14.0 Å². The van der Waals surface area contributed by atoms with Crippen molar-refractivity contribution in [2.75, 3.05) is 39.9 Å². The third kappa shape index (κ3) is 6.09. The molecule has 8 heteroatoms. The van der Waals surface area contributed by atoms with Gasteiger partial charge < -0.3 is 19.9 Å². The van der Waals surface area contributed by atoms with E-state index in [9.17, 15) is 0 Å². The smallest absolute Gasteiger partial charge is 0.223 e. The average molecular weight is 338 g/mol. The molecule has 1 aliphatic heterocycles. The molecule has 0 spiro atoms. The first-order chi connectivity index (χ1) is 11.6. The molecule has 1 aliphatic rings. The zero-order valence-electron chi connectivity index (χ0n) is 15.2. The van der Waals surface area contributed by atoms with Gasteiger partial charge in [-0.15, -0.1) is 0 Å². The van der Waals surface area contributed by atoms with Crippen LogP contribution in [0.1, 0.15) is 32.0 Å². The van der Waals surface area contributed by atoms with Gasteiger partial charge in [-0.1, -0.05) is 19.0 Å². The number of guanidine groups is 1. The second-order valence-corrected chi connectivity index (χ2v) is 6.47. The van der Waals surface area contributed by atoms with E-state index in [1.807, 2.05) is 0 Å². The van der Waals surface area contributed by atoms with Gasteiger partial charge in [-0.3, -0.25) is 9.89 Å². The fraction of sp³-hybridized carbons (Fsp3) is 0.812. The maximum Gasteiger partial charge on any atom is 0.223 e. The first kappa shape index (κ1) is 18.7. The van der Waals surface area contributed by atoms with Crippen LogP contribution in [0.3, 0.4) is 0 Å². The molecule has 0 amide bonds. The molecule has 0 saturated carbocycles. The Bertz CT molecular complexity index is 510. The van der Waals surface area contributed by atoms with Gasteiger partial charge in [0.05, 0.1) is 19.8 Å². The number of morpholine rings is 1. The van der Waals surface area contributed by atoms with Crippen LogP contribution in [0.25, 0.3) is 0 Å². The van der Waals surface area contributed by atoms with E-state index >= 15 is 0 Å². The molecule has 1 aromatic rings. The standard InChI is InChI=1S/C16H30N6O2/c1-12(2)9-14(22-5-7-23-8-6-22)10-18-16(17-4)19-11-15-20-13(3)24-21-15/h12,14H,5-11H2,1-4H3,(H2,17,18,19). The molecule has 2 N–H and O–H groups in total. The topological polar surface area (TPSA) is 87.8 Å². The second kappa shape index (κ2) is 9.58. The van der Waals surface area contributed by atoms with Crippen molar-refractivity contribution in [2.45, 2.75) is 39.8 Å². The Morgan fingerprint density at radius 2 is 2.04 bits per heavy atom. The van der Waals surface area contributed by atoms with E-state index in [4.69, 9.17) is 9.26 Å². The van der Waals surface area contributed by atoms with Gasteiger partial charge in [-0.05, 0) is 12.3 Å². The zero-order chi connectivity index (χ0) is 17.4. The fourth-order valence-corrected chi connectivity index (χ4v) is 2.86. The van der Waals surface area contributed by atoms with E-state index in [1.165, 1.54) is 0 Å². The molecule has 8 nitrogen and oxygen atoms in total. The summed E-state index contributed by atoms with van der Waals surface area (Å²) in [6, 6.07) is 0.472. The fourth-order valence-electron chi connectivity index (χ4n) is 2.86. The van der Waals surface area contributed by atoms with Crippen LogP contribution >= 0.6 is 0 Å². The Labute approximate surface area is 144 Å². The summed E-state index contributed by atoms with van der Waals surface area (Å²) >= 11 is 0. The summed E-state index contributed by atoms with van der Waals surface area (Å²) in [7, 11) is 1.77. The Morgan fingerprint density at radius 3 is 2.62 bits per heavy atom. The Morgan fingerprint density at radius 1 is 1.29 bits per heavy atom. The largest absolute Gasteiger partial charge is 0.379 e. The molecule has 0 bridgehead atoms. The number of hydrogen-bond acceptors (Lipinski definition) is 6. The summed E-state index contributed by atoms with van der Waals surface area (Å²) in [6.45, 7) is 11.3. The van der Waals surface area contributed by atoms with Crippen molar-refractivity contribution in [1.82, 2.24) is 25.7 Å². The summed E-state index contributed by atoms with van der Waals surface area (Å²) in [6.07, 6.45) is 1.15. The zero-order valence-corrected chi connectivity index (χ0v) is 15.2. The summed E-state index contributed by atoms with van der Waals surface area (Å²) in [5, 5.41) is 10.5. The van der Waals surface area contributed by atoms with Crippen LogP contribution in [0.2, 0.25) is 0 Å². The lowest BCUT2D eigenvalue weighted by molar-refractivity contribution is 0.0132. The maximum atomic E-state index is 5.47. The first-order valence-corrected chi connectivity index (χ1v) is 8.64. The van der Waals surface area contributed by atoms with Crippen LogP contribution in [-0.4, -0.2) is 66.9 Å². The SMILES string of the molecule is CN=C(NCc1noc(C)n1)NCC(CC(C)C)N1CCOCC1. The van der Waals surface area contributed by atoms with Crippen molar-refractivity contribution < 1.29 is 9.26 Å². The summed E-state index contributed by atoms with van der Waals surface area (Å²) in [5.74, 6) is 2.60. The predicted molar refractivity (Wildman–Crippen MR) is 92.9 cm³/mol. The number of aromatic nitrogens is 2. The molecule has 2 heterocycles. The van der Waals surface area contributed by atoms with Crippen molar-refractivity contribution in [3.63, 3.8) is 0 Å². The third-order valence-corrected chi connectivity index (χ3v) is 4.02. The summed E-state index contributed by atoms with van der Waals surface area (Å²) < 4.78 is 10.4. The number of nitrogens with zero attached hydrogens (tertiary/aromatic N) is 4. The number of ether oxygens (including phenoxy) is 1. The summed E-state index contributed by atoms with van der Waals surface area (Å²) in [5.41, 5.74) is 0. The lowest BCUT2D eigenvalue weighted by Gasteiger charge is -2.35. The number of aryl methyl sites for hydroxylation is 1. The lowest BCUT2D eigenvalue weighted by Crippen LogP contribution is -2.51. The van der Waals surface area contributed by atoms with Crippen molar-refractivity contribution in [2.24, 2.45) is 10.9 Å². The second-order valence-electron chi connectivity index (χ2n) is 6.47. The predicted octanol–water partition coefficient (Wildman–Crippen LogP) is 0.790. The quantitative estimate of drug-likeness (QED) is 0.561. The molecule has 1 saturated heterocycles. The van der Waals surface area contributed by atoms with Crippen LogP contribution in [0.15, 0.2) is 9.52 Å². The van der Waals surface area contributed by atoms with Crippen LogP contribution in [0.5, 0.6) is 0 Å². The highest BCUT2D eigenvalue weighted by molar-refractivity contribution is 5.79. The molecule has 1 aromatic heterocycles. The molecule has 1 atom stereocenters. The molecular weight excluding hydrogens is 308 g/mol.